The highest BCUT2D eigenvalue weighted by molar-refractivity contribution is 7.99. The maximum Gasteiger partial charge on any atom is 0.470 e. The van der Waals surface area contributed by atoms with Crippen LogP contribution in [0.15, 0.2) is 46.9 Å². The van der Waals surface area contributed by atoms with Crippen molar-refractivity contribution >= 4 is 29.2 Å². The Hall–Kier alpha value is -2.26. The van der Waals surface area contributed by atoms with Gasteiger partial charge in [-0.3, -0.25) is 0 Å². The van der Waals surface area contributed by atoms with Crippen molar-refractivity contribution < 1.29 is 22.0 Å². The second kappa shape index (κ2) is 7.77. The summed E-state index contributed by atoms with van der Waals surface area (Å²) in [5.74, 6) is -2.46. The molecule has 0 fully saturated rings. The van der Waals surface area contributed by atoms with Crippen LogP contribution in [0.4, 0.5) is 23.2 Å². The Morgan fingerprint density at radius 3 is 2.37 bits per heavy atom. The van der Waals surface area contributed by atoms with Crippen LogP contribution >= 0.6 is 23.5 Å². The molecule has 0 aliphatic carbocycles. The first kappa shape index (κ1) is 19.5. The fourth-order valence-corrected chi connectivity index (χ4v) is 3.01. The first-order valence-electron chi connectivity index (χ1n) is 7.54. The van der Waals surface area contributed by atoms with Gasteiger partial charge in [0.05, 0.1) is 6.54 Å². The van der Waals surface area contributed by atoms with Gasteiger partial charge in [-0.2, -0.15) is 13.2 Å². The lowest BCUT2D eigenvalue weighted by Gasteiger charge is -2.22. The molecule has 1 aromatic heterocycles. The van der Waals surface area contributed by atoms with Crippen LogP contribution in [-0.2, 0) is 12.7 Å². The minimum atomic E-state index is -4.75. The van der Waals surface area contributed by atoms with Crippen LogP contribution in [0, 0.1) is 5.82 Å². The molecule has 142 valence electrons. The molecule has 0 saturated heterocycles. The van der Waals surface area contributed by atoms with E-state index in [9.17, 15) is 17.6 Å². The fraction of sp³-hybridized carbons (Fsp3) is 0.176. The molecular formula is C17H12ClF4N3OS. The molecule has 0 saturated carbocycles. The Kier molecular flexibility index (Phi) is 5.61. The highest BCUT2D eigenvalue weighted by atomic mass is 35.5. The van der Waals surface area contributed by atoms with E-state index in [1.54, 1.807) is 12.1 Å². The van der Waals surface area contributed by atoms with Crippen LogP contribution in [0.2, 0.25) is 5.02 Å². The monoisotopic (exact) mass is 417 g/mol. The van der Waals surface area contributed by atoms with Gasteiger partial charge in [0.15, 0.2) is 0 Å². The highest BCUT2D eigenvalue weighted by Gasteiger charge is 2.38. The number of hydrogen-bond acceptors (Lipinski definition) is 5. The van der Waals surface area contributed by atoms with E-state index < -0.39 is 23.8 Å². The summed E-state index contributed by atoms with van der Waals surface area (Å²) in [6.07, 6.45) is -2.90. The first-order valence-corrected chi connectivity index (χ1v) is 9.10. The van der Waals surface area contributed by atoms with Crippen LogP contribution < -0.4 is 4.31 Å². The molecule has 3 aromatic rings. The third-order valence-electron chi connectivity index (χ3n) is 3.62. The summed E-state index contributed by atoms with van der Waals surface area (Å²) in [6, 6.07) is 11.1. The number of rotatable bonds is 5. The van der Waals surface area contributed by atoms with Gasteiger partial charge in [-0.1, -0.05) is 29.6 Å². The van der Waals surface area contributed by atoms with Gasteiger partial charge < -0.3 is 8.72 Å². The molecule has 0 N–H and O–H groups in total. The SMILES string of the molecule is CSN(Cc1ccc(-c2nnc(C(F)(F)F)o2)cc1F)c1ccc(Cl)cc1. The third kappa shape index (κ3) is 4.54. The van der Waals surface area contributed by atoms with Crippen molar-refractivity contribution in [1.29, 1.82) is 0 Å². The number of alkyl halides is 3. The lowest BCUT2D eigenvalue weighted by Crippen LogP contribution is -2.14. The van der Waals surface area contributed by atoms with E-state index in [0.29, 0.717) is 10.6 Å². The van der Waals surface area contributed by atoms with Crippen molar-refractivity contribution in [2.75, 3.05) is 10.6 Å². The van der Waals surface area contributed by atoms with Gasteiger partial charge in [0.1, 0.15) is 5.82 Å². The van der Waals surface area contributed by atoms with Crippen LogP contribution in [-0.4, -0.2) is 16.5 Å². The topological polar surface area (TPSA) is 42.2 Å². The third-order valence-corrected chi connectivity index (χ3v) is 4.65. The molecule has 0 bridgehead atoms. The zero-order valence-electron chi connectivity index (χ0n) is 13.8. The van der Waals surface area contributed by atoms with E-state index in [4.69, 9.17) is 11.6 Å². The summed E-state index contributed by atoms with van der Waals surface area (Å²) in [7, 11) is 0. The number of anilines is 1. The van der Waals surface area contributed by atoms with Crippen LogP contribution in [0.3, 0.4) is 0 Å². The Morgan fingerprint density at radius 2 is 1.81 bits per heavy atom. The predicted octanol–water partition coefficient (Wildman–Crippen LogP) is 5.83. The van der Waals surface area contributed by atoms with E-state index in [0.717, 1.165) is 11.8 Å². The normalized spacial score (nSPS) is 11.6. The van der Waals surface area contributed by atoms with Crippen molar-refractivity contribution in [2.45, 2.75) is 12.7 Å². The van der Waals surface area contributed by atoms with Crippen molar-refractivity contribution in [3.63, 3.8) is 0 Å². The minimum Gasteiger partial charge on any atom is -0.413 e. The van der Waals surface area contributed by atoms with Crippen LogP contribution in [0.25, 0.3) is 11.5 Å². The number of halogens is 5. The molecule has 0 spiro atoms. The minimum absolute atomic E-state index is 0.0708. The zero-order valence-corrected chi connectivity index (χ0v) is 15.4. The average molecular weight is 418 g/mol. The van der Waals surface area contributed by atoms with Gasteiger partial charge in [-0.25, -0.2) is 4.39 Å². The molecule has 0 amide bonds. The Labute approximate surface area is 161 Å². The van der Waals surface area contributed by atoms with Crippen molar-refractivity contribution in [3.05, 3.63) is 64.8 Å². The zero-order chi connectivity index (χ0) is 19.6. The van der Waals surface area contributed by atoms with Crippen LogP contribution in [0.1, 0.15) is 11.5 Å². The second-order valence-corrected chi connectivity index (χ2v) is 6.65. The van der Waals surface area contributed by atoms with Crippen LogP contribution in [0.5, 0.6) is 0 Å². The van der Waals surface area contributed by atoms with Gasteiger partial charge in [-0.05, 0) is 36.4 Å². The quantitative estimate of drug-likeness (QED) is 0.386. The average Bonchev–Trinajstić information content (AvgIpc) is 3.12. The van der Waals surface area contributed by atoms with Gasteiger partial charge in [-0.15, -0.1) is 10.2 Å². The molecule has 10 heteroatoms. The van der Waals surface area contributed by atoms with E-state index in [-0.39, 0.29) is 12.1 Å². The number of benzene rings is 2. The summed E-state index contributed by atoms with van der Waals surface area (Å²) in [6.45, 7) is 0.243. The van der Waals surface area contributed by atoms with E-state index in [2.05, 4.69) is 14.6 Å². The lowest BCUT2D eigenvalue weighted by atomic mass is 10.1. The molecule has 27 heavy (non-hydrogen) atoms. The first-order chi connectivity index (χ1) is 12.8. The maximum absolute atomic E-state index is 14.5. The molecule has 3 rings (SSSR count). The van der Waals surface area contributed by atoms with Gasteiger partial charge >= 0.3 is 12.1 Å². The largest absolute Gasteiger partial charge is 0.470 e. The summed E-state index contributed by atoms with van der Waals surface area (Å²) in [5, 5.41) is 6.85. The Morgan fingerprint density at radius 1 is 1.11 bits per heavy atom. The van der Waals surface area contributed by atoms with Gasteiger partial charge in [0, 0.05) is 28.1 Å². The molecule has 1 heterocycles. The highest BCUT2D eigenvalue weighted by Crippen LogP contribution is 2.31. The maximum atomic E-state index is 14.5. The Balaban J connectivity index is 1.82. The molecule has 2 aromatic carbocycles. The molecule has 0 aliphatic rings. The Bertz CT molecular complexity index is 931. The van der Waals surface area contributed by atoms with E-state index in [1.165, 1.54) is 24.1 Å². The standard InChI is InChI=1S/C17H12ClF4N3OS/c1-27-25(13-6-4-12(18)5-7-13)9-11-3-2-10(8-14(11)19)15-23-24-16(26-15)17(20,21)22/h2-8H,9H2,1H3. The predicted molar refractivity (Wildman–Crippen MR) is 95.8 cm³/mol. The smallest absolute Gasteiger partial charge is 0.413 e. The summed E-state index contributed by atoms with van der Waals surface area (Å²) in [5.41, 5.74) is 1.27. The number of aromatic nitrogens is 2. The molecular weight excluding hydrogens is 406 g/mol. The summed E-state index contributed by atoms with van der Waals surface area (Å²) >= 11 is 7.27. The fourth-order valence-electron chi connectivity index (χ4n) is 2.29. The molecule has 0 aliphatic heterocycles. The van der Waals surface area contributed by atoms with E-state index in [1.807, 2.05) is 22.7 Å². The molecule has 4 nitrogen and oxygen atoms in total. The van der Waals surface area contributed by atoms with Crippen molar-refractivity contribution in [2.24, 2.45) is 0 Å². The van der Waals surface area contributed by atoms with E-state index >= 15 is 0 Å². The van der Waals surface area contributed by atoms with Gasteiger partial charge in [0.2, 0.25) is 5.89 Å². The molecule has 0 unspecified atom stereocenters. The van der Waals surface area contributed by atoms with Gasteiger partial charge in [0.25, 0.3) is 0 Å². The molecule has 0 radical (unpaired) electrons. The van der Waals surface area contributed by atoms with Crippen molar-refractivity contribution in [1.82, 2.24) is 10.2 Å². The number of nitrogens with zero attached hydrogens (tertiary/aromatic N) is 3. The van der Waals surface area contributed by atoms with Crippen molar-refractivity contribution in [3.8, 4) is 11.5 Å². The molecule has 0 atom stereocenters. The summed E-state index contributed by atoms with van der Waals surface area (Å²) < 4.78 is 58.5. The number of hydrogen-bond donors (Lipinski definition) is 0. The lowest BCUT2D eigenvalue weighted by molar-refractivity contribution is -0.156. The summed E-state index contributed by atoms with van der Waals surface area (Å²) in [4.78, 5) is 0. The second-order valence-electron chi connectivity index (χ2n) is 5.41.